The van der Waals surface area contributed by atoms with Crippen LogP contribution in [0.1, 0.15) is 50.9 Å². The summed E-state index contributed by atoms with van der Waals surface area (Å²) in [5, 5.41) is 14.9. The fraction of sp³-hybridized carbons (Fsp3) is 0.442. The highest BCUT2D eigenvalue weighted by molar-refractivity contribution is 8.00. The minimum atomic E-state index is -1.29. The Morgan fingerprint density at radius 3 is 2.28 bits per heavy atom. The number of ether oxygens (including phenoxy) is 2. The molecule has 4 rings (SSSR count). The first kappa shape index (κ1) is 48.2. The standard InChI is InChI=1S/C43H54F2N6O9S/c1-43(2,3)41(35-22-30(32-23-31(44)10-11-33(32)45)25-49(35)24-29-8-5-4-6-9-29)50(17-7-15-46)40(56)28-61-27-34(42(57)58)48-36(52)14-18-59-20-21-60-19-16-47-37(53)26-51-38(54)12-13-39(51)55/h4-6,8-13,22-23,25,34,41H,7,14-21,24,26-28,46H2,1-3H3,(H,47,53)(H,48,52)(H,57,58)/t34-,41?/m0/s1. The highest BCUT2D eigenvalue weighted by Gasteiger charge is 2.37. The molecule has 1 aliphatic rings. The molecule has 1 aromatic heterocycles. The summed E-state index contributed by atoms with van der Waals surface area (Å²) in [5.41, 5.74) is 7.54. The third-order valence-corrected chi connectivity index (χ3v) is 10.5. The van der Waals surface area contributed by atoms with Gasteiger partial charge in [-0.25, -0.2) is 13.6 Å². The normalized spacial score (nSPS) is 13.6. The van der Waals surface area contributed by atoms with E-state index in [0.29, 0.717) is 30.8 Å². The van der Waals surface area contributed by atoms with Gasteiger partial charge in [0.1, 0.15) is 24.2 Å². The lowest BCUT2D eigenvalue weighted by Gasteiger charge is -2.41. The van der Waals surface area contributed by atoms with Crippen LogP contribution in [-0.2, 0) is 44.8 Å². The maximum atomic E-state index is 15.1. The Hall–Kier alpha value is -5.43. The van der Waals surface area contributed by atoms with Gasteiger partial charge in [-0.15, -0.1) is 11.8 Å². The molecule has 0 saturated carbocycles. The molecule has 330 valence electrons. The summed E-state index contributed by atoms with van der Waals surface area (Å²) >= 11 is 1.06. The van der Waals surface area contributed by atoms with Gasteiger partial charge in [0.2, 0.25) is 17.7 Å². The van der Waals surface area contributed by atoms with Gasteiger partial charge in [-0.1, -0.05) is 51.1 Å². The number of thioether (sulfide) groups is 1. The van der Waals surface area contributed by atoms with E-state index in [1.807, 2.05) is 55.7 Å². The molecule has 2 heterocycles. The Morgan fingerprint density at radius 1 is 0.934 bits per heavy atom. The number of carbonyl (C=O) groups excluding carboxylic acids is 5. The molecule has 18 heteroatoms. The van der Waals surface area contributed by atoms with Gasteiger partial charge < -0.3 is 40.4 Å². The molecule has 0 spiro atoms. The number of nitrogens with zero attached hydrogens (tertiary/aromatic N) is 3. The van der Waals surface area contributed by atoms with Crippen LogP contribution in [0.25, 0.3) is 11.1 Å². The first-order valence-electron chi connectivity index (χ1n) is 19.8. The van der Waals surface area contributed by atoms with E-state index in [1.54, 1.807) is 17.2 Å². The number of carboxylic acids is 1. The number of benzene rings is 2. The second kappa shape index (κ2) is 23.5. The van der Waals surface area contributed by atoms with E-state index in [4.69, 9.17) is 15.2 Å². The number of nitrogens with one attached hydrogen (secondary N) is 2. The highest BCUT2D eigenvalue weighted by Crippen LogP contribution is 2.41. The third-order valence-electron chi connectivity index (χ3n) is 9.46. The van der Waals surface area contributed by atoms with Gasteiger partial charge >= 0.3 is 5.97 Å². The number of halogens is 2. The average molecular weight is 869 g/mol. The summed E-state index contributed by atoms with van der Waals surface area (Å²) < 4.78 is 42.2. The summed E-state index contributed by atoms with van der Waals surface area (Å²) in [6.07, 6.45) is 4.29. The fourth-order valence-electron chi connectivity index (χ4n) is 6.60. The Bertz CT molecular complexity index is 2010. The molecule has 0 fully saturated rings. The van der Waals surface area contributed by atoms with Gasteiger partial charge in [-0.05, 0) is 48.2 Å². The number of carboxylic acid groups (broad SMARTS) is 1. The molecular weight excluding hydrogens is 815 g/mol. The fourth-order valence-corrected chi connectivity index (χ4v) is 7.52. The van der Waals surface area contributed by atoms with Crippen molar-refractivity contribution in [3.63, 3.8) is 0 Å². The van der Waals surface area contributed by atoms with Crippen molar-refractivity contribution in [2.24, 2.45) is 11.1 Å². The third kappa shape index (κ3) is 14.9. The minimum Gasteiger partial charge on any atom is -0.480 e. The van der Waals surface area contributed by atoms with Crippen LogP contribution in [0.3, 0.4) is 0 Å². The summed E-state index contributed by atoms with van der Waals surface area (Å²) in [6, 6.07) is 12.8. The molecule has 0 radical (unpaired) electrons. The second-order valence-corrected chi connectivity index (χ2v) is 16.3. The average Bonchev–Trinajstić information content (AvgIpc) is 3.76. The van der Waals surface area contributed by atoms with E-state index in [1.165, 1.54) is 0 Å². The molecule has 1 unspecified atom stereocenters. The number of hydrogen-bond acceptors (Lipinski definition) is 10. The zero-order valence-electron chi connectivity index (χ0n) is 34.6. The second-order valence-electron chi connectivity index (χ2n) is 15.3. The van der Waals surface area contributed by atoms with E-state index < -0.39 is 58.7 Å². The minimum absolute atomic E-state index is 0.0142. The summed E-state index contributed by atoms with van der Waals surface area (Å²) in [5.74, 6) is -5.12. The van der Waals surface area contributed by atoms with Crippen LogP contribution in [0.15, 0.2) is 72.9 Å². The van der Waals surface area contributed by atoms with Crippen molar-refractivity contribution in [1.29, 1.82) is 0 Å². The zero-order chi connectivity index (χ0) is 44.5. The van der Waals surface area contributed by atoms with Crippen molar-refractivity contribution in [2.45, 2.75) is 52.2 Å². The molecular formula is C43H54F2N6O9S. The lowest BCUT2D eigenvalue weighted by molar-refractivity contribution is -0.141. The lowest BCUT2D eigenvalue weighted by Crippen LogP contribution is -2.45. The zero-order valence-corrected chi connectivity index (χ0v) is 35.4. The van der Waals surface area contributed by atoms with E-state index >= 15 is 4.39 Å². The van der Waals surface area contributed by atoms with E-state index in [-0.39, 0.29) is 75.5 Å². The molecule has 3 aromatic rings. The van der Waals surface area contributed by atoms with Crippen LogP contribution >= 0.6 is 11.8 Å². The maximum absolute atomic E-state index is 15.1. The largest absolute Gasteiger partial charge is 0.480 e. The molecule has 2 atom stereocenters. The van der Waals surface area contributed by atoms with Crippen LogP contribution in [-0.4, -0.2) is 125 Å². The van der Waals surface area contributed by atoms with E-state index in [0.717, 1.165) is 52.6 Å². The molecule has 0 saturated heterocycles. The lowest BCUT2D eigenvalue weighted by atomic mass is 9.83. The van der Waals surface area contributed by atoms with Crippen LogP contribution in [0.2, 0.25) is 0 Å². The van der Waals surface area contributed by atoms with Gasteiger partial charge in [-0.2, -0.15) is 0 Å². The Morgan fingerprint density at radius 2 is 1.62 bits per heavy atom. The molecule has 5 amide bonds. The molecule has 61 heavy (non-hydrogen) atoms. The number of amides is 5. The Labute approximate surface area is 358 Å². The van der Waals surface area contributed by atoms with Gasteiger partial charge in [0.15, 0.2) is 0 Å². The number of imide groups is 1. The maximum Gasteiger partial charge on any atom is 0.327 e. The number of hydrogen-bond donors (Lipinski definition) is 4. The first-order valence-corrected chi connectivity index (χ1v) is 21.0. The smallest absolute Gasteiger partial charge is 0.327 e. The van der Waals surface area contributed by atoms with Crippen LogP contribution in [0.4, 0.5) is 8.78 Å². The molecule has 0 bridgehead atoms. The molecule has 2 aromatic carbocycles. The summed E-state index contributed by atoms with van der Waals surface area (Å²) in [6.45, 7) is 7.07. The van der Waals surface area contributed by atoms with Gasteiger partial charge in [0.25, 0.3) is 11.8 Å². The molecule has 15 nitrogen and oxygen atoms in total. The topological polar surface area (TPSA) is 203 Å². The Kier molecular flexibility index (Phi) is 18.6. The van der Waals surface area contributed by atoms with Crippen molar-refractivity contribution in [2.75, 3.05) is 64.1 Å². The van der Waals surface area contributed by atoms with E-state index in [2.05, 4.69) is 10.6 Å². The highest BCUT2D eigenvalue weighted by atomic mass is 32.2. The predicted octanol–water partition coefficient (Wildman–Crippen LogP) is 3.51. The van der Waals surface area contributed by atoms with Crippen LogP contribution in [0, 0.1) is 17.0 Å². The number of nitrogens with two attached hydrogens (primary N) is 1. The first-order chi connectivity index (χ1) is 29.1. The van der Waals surface area contributed by atoms with Gasteiger partial charge in [0.05, 0.1) is 38.2 Å². The number of aliphatic carboxylic acids is 1. The molecule has 0 aliphatic carbocycles. The van der Waals surface area contributed by atoms with Crippen molar-refractivity contribution < 1.29 is 52.1 Å². The number of rotatable bonds is 25. The van der Waals surface area contributed by atoms with Crippen LogP contribution in [0.5, 0.6) is 0 Å². The van der Waals surface area contributed by atoms with Crippen molar-refractivity contribution in [1.82, 2.24) is 25.0 Å². The monoisotopic (exact) mass is 868 g/mol. The quantitative estimate of drug-likeness (QED) is 0.0717. The number of carbonyl (C=O) groups is 6. The predicted molar refractivity (Wildman–Crippen MR) is 225 cm³/mol. The van der Waals surface area contributed by atoms with Crippen LogP contribution < -0.4 is 16.4 Å². The SMILES string of the molecule is CC(C)(C)C(c1cc(-c2cc(F)ccc2F)cn1Cc1ccccc1)N(CCCN)C(=O)CSC[C@H](NC(=O)CCOCCOCCNC(=O)CN1C(=O)C=CC1=O)C(=O)O. The Balaban J connectivity index is 1.31. The van der Waals surface area contributed by atoms with Crippen molar-refractivity contribution in [3.05, 3.63) is 95.8 Å². The van der Waals surface area contributed by atoms with Gasteiger partial charge in [0, 0.05) is 67.0 Å². The number of aromatic nitrogens is 1. The van der Waals surface area contributed by atoms with E-state index in [9.17, 15) is 38.3 Å². The summed E-state index contributed by atoms with van der Waals surface area (Å²) in [7, 11) is 0. The molecule has 5 N–H and O–H groups in total. The van der Waals surface area contributed by atoms with Crippen molar-refractivity contribution in [3.8, 4) is 11.1 Å². The molecule has 1 aliphatic heterocycles. The van der Waals surface area contributed by atoms with Crippen molar-refractivity contribution >= 4 is 47.3 Å². The summed E-state index contributed by atoms with van der Waals surface area (Å²) in [4.78, 5) is 76.5. The van der Waals surface area contributed by atoms with Gasteiger partial charge in [-0.3, -0.25) is 28.9 Å².